The third kappa shape index (κ3) is 1.64. The number of nitrogens with one attached hydrogen (secondary N) is 2. The van der Waals surface area contributed by atoms with E-state index in [2.05, 4.69) is 21.0 Å². The summed E-state index contributed by atoms with van der Waals surface area (Å²) >= 11 is 0. The number of aromatic amines is 2. The summed E-state index contributed by atoms with van der Waals surface area (Å²) in [6.45, 7) is 3.68. The Morgan fingerprint density at radius 1 is 1.40 bits per heavy atom. The standard InChI is InChI=1S/C11H12N4/c1-11(2,7-12)10-14-6-9(15-10)8-4-3-5-13-8/h3-6,13H,1-2H3,(H,14,15). The van der Waals surface area contributed by atoms with Crippen LogP contribution in [0.1, 0.15) is 19.7 Å². The molecule has 2 N–H and O–H groups in total. The fraction of sp³-hybridized carbons (Fsp3) is 0.273. The molecule has 0 unspecified atom stereocenters. The van der Waals surface area contributed by atoms with E-state index < -0.39 is 5.41 Å². The Kier molecular flexibility index (Phi) is 2.09. The van der Waals surface area contributed by atoms with Crippen LogP contribution in [0.5, 0.6) is 0 Å². The largest absolute Gasteiger partial charge is 0.360 e. The third-order valence-electron chi connectivity index (χ3n) is 2.34. The van der Waals surface area contributed by atoms with Crippen molar-refractivity contribution in [3.8, 4) is 17.5 Å². The molecule has 4 nitrogen and oxygen atoms in total. The quantitative estimate of drug-likeness (QED) is 0.780. The van der Waals surface area contributed by atoms with Crippen LogP contribution in [0.2, 0.25) is 0 Å². The van der Waals surface area contributed by atoms with E-state index in [0.717, 1.165) is 11.4 Å². The molecule has 0 radical (unpaired) electrons. The molecule has 0 aliphatic heterocycles. The number of hydrogen-bond donors (Lipinski definition) is 2. The van der Waals surface area contributed by atoms with Crippen LogP contribution in [0.4, 0.5) is 0 Å². The highest BCUT2D eigenvalue weighted by atomic mass is 14.9. The minimum Gasteiger partial charge on any atom is -0.360 e. The van der Waals surface area contributed by atoms with Crippen molar-refractivity contribution in [2.75, 3.05) is 0 Å². The molecule has 2 aromatic rings. The topological polar surface area (TPSA) is 68.3 Å². The smallest absolute Gasteiger partial charge is 0.126 e. The number of nitrogens with zero attached hydrogens (tertiary/aromatic N) is 2. The number of H-pyrrole nitrogens is 2. The molecule has 76 valence electrons. The number of imidazole rings is 1. The second-order valence-electron chi connectivity index (χ2n) is 3.97. The van der Waals surface area contributed by atoms with Gasteiger partial charge in [0, 0.05) is 6.20 Å². The average molecular weight is 200 g/mol. The molecule has 2 heterocycles. The first kappa shape index (κ1) is 9.53. The van der Waals surface area contributed by atoms with Gasteiger partial charge in [-0.1, -0.05) is 0 Å². The molecule has 0 fully saturated rings. The molecule has 0 aliphatic rings. The van der Waals surface area contributed by atoms with E-state index in [0.29, 0.717) is 5.82 Å². The van der Waals surface area contributed by atoms with Crippen molar-refractivity contribution in [2.24, 2.45) is 0 Å². The summed E-state index contributed by atoms with van der Waals surface area (Å²) in [7, 11) is 0. The molecule has 0 amide bonds. The van der Waals surface area contributed by atoms with E-state index >= 15 is 0 Å². The van der Waals surface area contributed by atoms with Crippen LogP contribution in [0.25, 0.3) is 11.4 Å². The maximum Gasteiger partial charge on any atom is 0.126 e. The zero-order valence-electron chi connectivity index (χ0n) is 8.70. The van der Waals surface area contributed by atoms with Gasteiger partial charge in [0.1, 0.15) is 11.2 Å². The maximum absolute atomic E-state index is 8.97. The van der Waals surface area contributed by atoms with Gasteiger partial charge in [0.15, 0.2) is 0 Å². The van der Waals surface area contributed by atoms with Crippen LogP contribution < -0.4 is 0 Å². The minimum atomic E-state index is -0.579. The summed E-state index contributed by atoms with van der Waals surface area (Å²) in [6, 6.07) is 6.09. The van der Waals surface area contributed by atoms with Crippen LogP contribution in [0.3, 0.4) is 0 Å². The molecule has 0 atom stereocenters. The van der Waals surface area contributed by atoms with E-state index in [1.165, 1.54) is 0 Å². The van der Waals surface area contributed by atoms with Crippen molar-refractivity contribution >= 4 is 0 Å². The maximum atomic E-state index is 8.97. The van der Waals surface area contributed by atoms with Crippen LogP contribution in [0.15, 0.2) is 24.5 Å². The molecule has 0 saturated heterocycles. The van der Waals surface area contributed by atoms with Crippen molar-refractivity contribution in [3.63, 3.8) is 0 Å². The van der Waals surface area contributed by atoms with E-state index in [1.807, 2.05) is 32.2 Å². The first-order valence-electron chi connectivity index (χ1n) is 4.74. The van der Waals surface area contributed by atoms with Crippen molar-refractivity contribution in [1.82, 2.24) is 15.0 Å². The number of aromatic nitrogens is 3. The lowest BCUT2D eigenvalue weighted by Gasteiger charge is -2.10. The number of hydrogen-bond acceptors (Lipinski definition) is 2. The third-order valence-corrected chi connectivity index (χ3v) is 2.34. The Labute approximate surface area is 88.0 Å². The number of rotatable bonds is 2. The van der Waals surface area contributed by atoms with Gasteiger partial charge in [0.05, 0.1) is 23.7 Å². The molecular weight excluding hydrogens is 188 g/mol. The fourth-order valence-electron chi connectivity index (χ4n) is 1.33. The predicted molar refractivity (Wildman–Crippen MR) is 57.0 cm³/mol. The summed E-state index contributed by atoms with van der Waals surface area (Å²) in [6.07, 6.45) is 3.59. The minimum absolute atomic E-state index is 0.579. The first-order chi connectivity index (χ1) is 7.13. The van der Waals surface area contributed by atoms with E-state index in [-0.39, 0.29) is 0 Å². The SMILES string of the molecule is CC(C)(C#N)c1ncc(-c2ccc[nH]2)[nH]1. The molecule has 0 bridgehead atoms. The highest BCUT2D eigenvalue weighted by Gasteiger charge is 2.23. The van der Waals surface area contributed by atoms with E-state index in [1.54, 1.807) is 6.20 Å². The zero-order chi connectivity index (χ0) is 10.9. The van der Waals surface area contributed by atoms with Crippen molar-refractivity contribution in [3.05, 3.63) is 30.4 Å². The van der Waals surface area contributed by atoms with E-state index in [4.69, 9.17) is 5.26 Å². The van der Waals surface area contributed by atoms with Crippen LogP contribution >= 0.6 is 0 Å². The summed E-state index contributed by atoms with van der Waals surface area (Å²) in [5, 5.41) is 8.97. The Morgan fingerprint density at radius 2 is 2.20 bits per heavy atom. The average Bonchev–Trinajstić information content (AvgIpc) is 2.88. The normalized spacial score (nSPS) is 11.3. The lowest BCUT2D eigenvalue weighted by atomic mass is 9.95. The van der Waals surface area contributed by atoms with Crippen LogP contribution in [0, 0.1) is 11.3 Å². The van der Waals surface area contributed by atoms with Gasteiger partial charge in [-0.2, -0.15) is 5.26 Å². The van der Waals surface area contributed by atoms with E-state index in [9.17, 15) is 0 Å². The predicted octanol–water partition coefficient (Wildman–Crippen LogP) is 2.21. The van der Waals surface area contributed by atoms with Gasteiger partial charge in [0.2, 0.25) is 0 Å². The van der Waals surface area contributed by atoms with Gasteiger partial charge in [-0.05, 0) is 26.0 Å². The molecule has 0 saturated carbocycles. The summed E-state index contributed by atoms with van der Waals surface area (Å²) < 4.78 is 0. The van der Waals surface area contributed by atoms with Gasteiger partial charge < -0.3 is 9.97 Å². The number of nitriles is 1. The lowest BCUT2D eigenvalue weighted by molar-refractivity contribution is 0.639. The van der Waals surface area contributed by atoms with Gasteiger partial charge >= 0.3 is 0 Å². The highest BCUT2D eigenvalue weighted by Crippen LogP contribution is 2.22. The second kappa shape index (κ2) is 3.28. The Balaban J connectivity index is 2.38. The summed E-state index contributed by atoms with van der Waals surface area (Å²) in [5.74, 6) is 0.689. The highest BCUT2D eigenvalue weighted by molar-refractivity contribution is 5.53. The summed E-state index contributed by atoms with van der Waals surface area (Å²) in [5.41, 5.74) is 1.30. The van der Waals surface area contributed by atoms with Gasteiger partial charge in [-0.25, -0.2) is 4.98 Å². The van der Waals surface area contributed by atoms with Gasteiger partial charge in [0.25, 0.3) is 0 Å². The lowest BCUT2D eigenvalue weighted by Crippen LogP contribution is -2.15. The zero-order valence-corrected chi connectivity index (χ0v) is 8.70. The van der Waals surface area contributed by atoms with Crippen LogP contribution in [-0.2, 0) is 5.41 Å². The van der Waals surface area contributed by atoms with Crippen molar-refractivity contribution in [2.45, 2.75) is 19.3 Å². The molecule has 15 heavy (non-hydrogen) atoms. The second-order valence-corrected chi connectivity index (χ2v) is 3.97. The Bertz CT molecular complexity index is 485. The molecule has 0 aromatic carbocycles. The molecular formula is C11H12N4. The fourth-order valence-corrected chi connectivity index (χ4v) is 1.33. The molecule has 0 spiro atoms. The summed E-state index contributed by atoms with van der Waals surface area (Å²) in [4.78, 5) is 10.4. The molecule has 0 aliphatic carbocycles. The molecule has 2 aromatic heterocycles. The van der Waals surface area contributed by atoms with Crippen molar-refractivity contribution in [1.29, 1.82) is 5.26 Å². The van der Waals surface area contributed by atoms with Crippen LogP contribution in [-0.4, -0.2) is 15.0 Å². The molecule has 2 rings (SSSR count). The van der Waals surface area contributed by atoms with Gasteiger partial charge in [-0.3, -0.25) is 0 Å². The van der Waals surface area contributed by atoms with Gasteiger partial charge in [-0.15, -0.1) is 0 Å². The van der Waals surface area contributed by atoms with Crippen molar-refractivity contribution < 1.29 is 0 Å². The Morgan fingerprint density at radius 3 is 2.80 bits per heavy atom. The first-order valence-corrected chi connectivity index (χ1v) is 4.74. The molecule has 4 heteroatoms. The monoisotopic (exact) mass is 200 g/mol. The Hall–Kier alpha value is -2.02.